The van der Waals surface area contributed by atoms with E-state index in [9.17, 15) is 9.59 Å². The highest BCUT2D eigenvalue weighted by atomic mass is 32.2. The molecule has 104 valence electrons. The van der Waals surface area contributed by atoms with Gasteiger partial charge in [0.25, 0.3) is 5.22 Å². The molecule has 0 atom stereocenters. The van der Waals surface area contributed by atoms with Crippen LogP contribution in [0.15, 0.2) is 15.8 Å². The summed E-state index contributed by atoms with van der Waals surface area (Å²) in [6.07, 6.45) is 2.42. The minimum absolute atomic E-state index is 0.0628. The maximum Gasteiger partial charge on any atom is 0.255 e. The highest BCUT2D eigenvalue weighted by Crippen LogP contribution is 2.27. The van der Waals surface area contributed by atoms with E-state index in [2.05, 4.69) is 25.8 Å². The summed E-state index contributed by atoms with van der Waals surface area (Å²) in [7, 11) is 0. The van der Waals surface area contributed by atoms with Crippen LogP contribution in [0.2, 0.25) is 0 Å². The van der Waals surface area contributed by atoms with Gasteiger partial charge in [-0.3, -0.25) is 14.5 Å². The normalized spacial score (nSPS) is 16.5. The molecular weight excluding hydrogens is 264 g/mol. The second-order valence-corrected chi connectivity index (χ2v) is 6.57. The second kappa shape index (κ2) is 5.36. The third-order valence-electron chi connectivity index (χ3n) is 2.92. The molecule has 0 aromatic carbocycles. The van der Waals surface area contributed by atoms with Crippen LogP contribution in [0.5, 0.6) is 0 Å². The van der Waals surface area contributed by atoms with E-state index in [0.29, 0.717) is 30.4 Å². The molecule has 0 saturated carbocycles. The van der Waals surface area contributed by atoms with Gasteiger partial charge in [-0.15, -0.1) is 0 Å². The third kappa shape index (κ3) is 3.37. The largest absolute Gasteiger partial charge is 0.436 e. The summed E-state index contributed by atoms with van der Waals surface area (Å²) >= 11 is 1.42. The first-order chi connectivity index (χ1) is 8.88. The Kier molecular flexibility index (Phi) is 3.99. The molecule has 0 spiro atoms. The van der Waals surface area contributed by atoms with Gasteiger partial charge in [0.15, 0.2) is 0 Å². The van der Waals surface area contributed by atoms with Crippen molar-refractivity contribution in [3.8, 4) is 0 Å². The lowest BCUT2D eigenvalue weighted by Gasteiger charge is -2.13. The Morgan fingerprint density at radius 2 is 1.95 bits per heavy atom. The van der Waals surface area contributed by atoms with Gasteiger partial charge in [0, 0.05) is 30.6 Å². The fraction of sp³-hybridized carbons (Fsp3) is 0.615. The quantitative estimate of drug-likeness (QED) is 0.626. The Hall–Kier alpha value is -1.30. The van der Waals surface area contributed by atoms with Crippen molar-refractivity contribution in [2.24, 2.45) is 0 Å². The second-order valence-electron chi connectivity index (χ2n) is 5.53. The van der Waals surface area contributed by atoms with Crippen molar-refractivity contribution in [1.82, 2.24) is 9.88 Å². The molecule has 6 heteroatoms. The lowest BCUT2D eigenvalue weighted by Crippen LogP contribution is -2.31. The summed E-state index contributed by atoms with van der Waals surface area (Å²) in [5, 5.41) is 0.587. The number of hydrogen-bond acceptors (Lipinski definition) is 5. The number of aromatic nitrogens is 1. The molecule has 2 amide bonds. The highest BCUT2D eigenvalue weighted by Gasteiger charge is 2.28. The van der Waals surface area contributed by atoms with Gasteiger partial charge in [-0.05, 0) is 0 Å². The maximum atomic E-state index is 11.4. The van der Waals surface area contributed by atoms with Gasteiger partial charge in [-0.1, -0.05) is 32.5 Å². The van der Waals surface area contributed by atoms with E-state index < -0.39 is 0 Å². The topological polar surface area (TPSA) is 63.4 Å². The molecule has 19 heavy (non-hydrogen) atoms. The van der Waals surface area contributed by atoms with E-state index in [-0.39, 0.29) is 17.2 Å². The molecule has 1 fully saturated rings. The minimum atomic E-state index is -0.0756. The summed E-state index contributed by atoms with van der Waals surface area (Å²) < 4.78 is 5.63. The van der Waals surface area contributed by atoms with Gasteiger partial charge < -0.3 is 4.42 Å². The fourth-order valence-electron chi connectivity index (χ4n) is 1.77. The van der Waals surface area contributed by atoms with Gasteiger partial charge in [-0.25, -0.2) is 4.98 Å². The molecule has 0 N–H and O–H groups in total. The van der Waals surface area contributed by atoms with E-state index in [4.69, 9.17) is 4.42 Å². The number of oxazole rings is 1. The Morgan fingerprint density at radius 3 is 2.47 bits per heavy atom. The van der Waals surface area contributed by atoms with Crippen LogP contribution in [0.25, 0.3) is 0 Å². The molecule has 1 aromatic rings. The van der Waals surface area contributed by atoms with Crippen molar-refractivity contribution < 1.29 is 14.0 Å². The number of nitrogens with zero attached hydrogens (tertiary/aromatic N) is 2. The summed E-state index contributed by atoms with van der Waals surface area (Å²) in [4.78, 5) is 28.4. The summed E-state index contributed by atoms with van der Waals surface area (Å²) in [6.45, 7) is 6.60. The molecule has 0 bridgehead atoms. The lowest BCUT2D eigenvalue weighted by molar-refractivity contribution is -0.137. The van der Waals surface area contributed by atoms with Crippen molar-refractivity contribution in [3.05, 3.63) is 12.0 Å². The zero-order valence-corrected chi connectivity index (χ0v) is 12.2. The third-order valence-corrected chi connectivity index (χ3v) is 3.74. The fourth-order valence-corrected chi connectivity index (χ4v) is 2.49. The zero-order valence-electron chi connectivity index (χ0n) is 11.4. The Balaban J connectivity index is 1.85. The number of imide groups is 1. The molecular formula is C13H18N2O3S. The van der Waals surface area contributed by atoms with Gasteiger partial charge in [0.1, 0.15) is 5.76 Å². The summed E-state index contributed by atoms with van der Waals surface area (Å²) in [5.74, 6) is 1.30. The number of thioether (sulfide) groups is 1. The Morgan fingerprint density at radius 1 is 1.32 bits per heavy atom. The maximum absolute atomic E-state index is 11.4. The van der Waals surface area contributed by atoms with Crippen molar-refractivity contribution in [3.63, 3.8) is 0 Å². The van der Waals surface area contributed by atoms with Crippen LogP contribution in [-0.4, -0.2) is 34.0 Å². The van der Waals surface area contributed by atoms with Crippen LogP contribution < -0.4 is 0 Å². The van der Waals surface area contributed by atoms with E-state index in [1.165, 1.54) is 16.7 Å². The van der Waals surface area contributed by atoms with Crippen molar-refractivity contribution >= 4 is 23.6 Å². The van der Waals surface area contributed by atoms with E-state index in [1.807, 2.05) is 0 Å². The van der Waals surface area contributed by atoms with Crippen molar-refractivity contribution in [2.45, 2.75) is 44.3 Å². The zero-order chi connectivity index (χ0) is 14.0. The van der Waals surface area contributed by atoms with Crippen LogP contribution in [0.4, 0.5) is 0 Å². The van der Waals surface area contributed by atoms with E-state index in [1.54, 1.807) is 6.20 Å². The van der Waals surface area contributed by atoms with Crippen molar-refractivity contribution in [1.29, 1.82) is 0 Å². The summed E-state index contributed by atoms with van der Waals surface area (Å²) in [6, 6.07) is 0. The van der Waals surface area contributed by atoms with Crippen LogP contribution in [0.3, 0.4) is 0 Å². The average molecular weight is 282 g/mol. The number of carbonyl (C=O) groups is 2. The smallest absolute Gasteiger partial charge is 0.255 e. The van der Waals surface area contributed by atoms with Gasteiger partial charge in [0.05, 0.1) is 6.20 Å². The number of hydrogen-bond donors (Lipinski definition) is 0. The molecule has 5 nitrogen and oxygen atoms in total. The molecule has 2 heterocycles. The number of likely N-dealkylation sites (tertiary alicyclic amines) is 1. The molecule has 1 aromatic heterocycles. The van der Waals surface area contributed by atoms with Crippen LogP contribution in [-0.2, 0) is 15.0 Å². The molecule has 0 unspecified atom stereocenters. The Labute approximate surface area is 116 Å². The SMILES string of the molecule is CC(C)(C)c1cnc(SCCN2C(=O)CCC2=O)o1. The highest BCUT2D eigenvalue weighted by molar-refractivity contribution is 7.99. The summed E-state index contributed by atoms with van der Waals surface area (Å²) in [5.41, 5.74) is -0.0628. The number of carbonyl (C=O) groups excluding carboxylic acids is 2. The molecule has 0 aliphatic carbocycles. The van der Waals surface area contributed by atoms with Crippen LogP contribution in [0.1, 0.15) is 39.4 Å². The van der Waals surface area contributed by atoms with Gasteiger partial charge >= 0.3 is 0 Å². The molecule has 1 aliphatic heterocycles. The number of amides is 2. The lowest BCUT2D eigenvalue weighted by atomic mass is 9.94. The number of rotatable bonds is 4. The molecule has 2 rings (SSSR count). The predicted octanol–water partition coefficient (Wildman–Crippen LogP) is 2.21. The first-order valence-corrected chi connectivity index (χ1v) is 7.29. The average Bonchev–Trinajstić information content (AvgIpc) is 2.90. The van der Waals surface area contributed by atoms with Crippen molar-refractivity contribution in [2.75, 3.05) is 12.3 Å². The van der Waals surface area contributed by atoms with E-state index >= 15 is 0 Å². The van der Waals surface area contributed by atoms with Crippen LogP contribution >= 0.6 is 11.8 Å². The van der Waals surface area contributed by atoms with Crippen LogP contribution in [0, 0.1) is 0 Å². The van der Waals surface area contributed by atoms with E-state index in [0.717, 1.165) is 5.76 Å². The molecule has 0 radical (unpaired) electrons. The monoisotopic (exact) mass is 282 g/mol. The molecule has 1 saturated heterocycles. The minimum Gasteiger partial charge on any atom is -0.436 e. The Bertz CT molecular complexity index is 474. The predicted molar refractivity (Wildman–Crippen MR) is 71.9 cm³/mol. The standard InChI is InChI=1S/C13H18N2O3S/c1-13(2,3)9-8-14-12(18-9)19-7-6-15-10(16)4-5-11(15)17/h8H,4-7H2,1-3H3. The molecule has 1 aliphatic rings. The van der Waals surface area contributed by atoms with Gasteiger partial charge in [-0.2, -0.15) is 0 Å². The first kappa shape index (κ1) is 14.1. The van der Waals surface area contributed by atoms with Gasteiger partial charge in [0.2, 0.25) is 11.8 Å². The first-order valence-electron chi connectivity index (χ1n) is 6.30.